The van der Waals surface area contributed by atoms with Gasteiger partial charge >= 0.3 is 0 Å². The fourth-order valence-corrected chi connectivity index (χ4v) is 9.07. The topological polar surface area (TPSA) is 35.6 Å². The van der Waals surface area contributed by atoms with Crippen LogP contribution in [0, 0.1) is 0 Å². The van der Waals surface area contributed by atoms with Crippen molar-refractivity contribution in [3.63, 3.8) is 0 Å². The Morgan fingerprint density at radius 3 is 1.48 bits per heavy atom. The number of hydrogen-bond donors (Lipinski definition) is 0. The Labute approximate surface area is 322 Å². The molecule has 260 valence electrons. The van der Waals surface area contributed by atoms with Gasteiger partial charge in [-0.3, -0.25) is 9.55 Å². The number of imidazole rings is 1. The van der Waals surface area contributed by atoms with Crippen LogP contribution in [0.4, 0.5) is 0 Å². The summed E-state index contributed by atoms with van der Waals surface area (Å²) in [6, 6.07) is 67.4. The maximum atomic E-state index is 5.52. The van der Waals surface area contributed by atoms with E-state index in [4.69, 9.17) is 9.97 Å². The predicted octanol–water partition coefficient (Wildman–Crippen LogP) is 13.5. The summed E-state index contributed by atoms with van der Waals surface area (Å²) in [5.41, 5.74) is 9.63. The summed E-state index contributed by atoms with van der Waals surface area (Å²) in [4.78, 5) is 10.8. The zero-order chi connectivity index (χ0) is 36.7. The van der Waals surface area contributed by atoms with Crippen LogP contribution in [0.3, 0.4) is 0 Å². The smallest absolute Gasteiger partial charge is 0.145 e. The Morgan fingerprint density at radius 1 is 0.375 bits per heavy atom. The molecule has 9 aromatic carbocycles. The minimum absolute atomic E-state index is 0.875. The van der Waals surface area contributed by atoms with Gasteiger partial charge in [0.05, 0.1) is 39.6 Å². The number of benzene rings is 9. The first-order valence-electron chi connectivity index (χ1n) is 19.1. The first-order chi connectivity index (χ1) is 27.8. The van der Waals surface area contributed by atoms with E-state index in [1.165, 1.54) is 54.1 Å². The SMILES string of the molecule is c1ccc2c(-c3ccc(-n4c(-c5ccc(-n6c7ccccc7c7ccccc76)cc5)nc5c6ccccc6c6ccccc6c54)cn3)c3ccccc3cc2c1. The van der Waals surface area contributed by atoms with Crippen molar-refractivity contribution in [2.45, 2.75) is 0 Å². The van der Waals surface area contributed by atoms with Crippen molar-refractivity contribution in [2.75, 3.05) is 0 Å². The summed E-state index contributed by atoms with van der Waals surface area (Å²) in [6.07, 6.45) is 2.02. The van der Waals surface area contributed by atoms with E-state index in [9.17, 15) is 0 Å². The monoisotopic (exact) mass is 712 g/mol. The van der Waals surface area contributed by atoms with E-state index in [0.717, 1.165) is 55.8 Å². The number of para-hydroxylation sites is 2. The molecule has 0 spiro atoms. The lowest BCUT2D eigenvalue weighted by Gasteiger charge is -2.15. The van der Waals surface area contributed by atoms with Crippen molar-refractivity contribution in [3.8, 4) is 34.0 Å². The second-order valence-corrected chi connectivity index (χ2v) is 14.6. The molecule has 12 rings (SSSR count). The fraction of sp³-hybridized carbons (Fsp3) is 0. The maximum Gasteiger partial charge on any atom is 0.145 e. The Bertz CT molecular complexity index is 3410. The van der Waals surface area contributed by atoms with Gasteiger partial charge in [0.1, 0.15) is 5.82 Å². The van der Waals surface area contributed by atoms with Gasteiger partial charge in [0.2, 0.25) is 0 Å². The highest BCUT2D eigenvalue weighted by molar-refractivity contribution is 6.24. The van der Waals surface area contributed by atoms with Gasteiger partial charge < -0.3 is 4.57 Å². The third-order valence-corrected chi connectivity index (χ3v) is 11.5. The number of pyridine rings is 1. The molecular formula is C52H32N4. The summed E-state index contributed by atoms with van der Waals surface area (Å²) < 4.78 is 4.68. The Hall–Kier alpha value is -7.56. The van der Waals surface area contributed by atoms with Crippen LogP contribution >= 0.6 is 0 Å². The maximum absolute atomic E-state index is 5.52. The molecule has 3 aromatic heterocycles. The average Bonchev–Trinajstić information content (AvgIpc) is 3.83. The van der Waals surface area contributed by atoms with E-state index in [1.807, 2.05) is 6.20 Å². The largest absolute Gasteiger partial charge is 0.309 e. The fourth-order valence-electron chi connectivity index (χ4n) is 9.07. The summed E-state index contributed by atoms with van der Waals surface area (Å²) in [7, 11) is 0. The van der Waals surface area contributed by atoms with Crippen LogP contribution in [0.25, 0.3) is 110 Å². The van der Waals surface area contributed by atoms with E-state index in [0.29, 0.717) is 0 Å². The molecule has 0 aliphatic rings. The Balaban J connectivity index is 1.09. The standard InChI is InChI=1S/C52H32N4/c1-3-15-38-34(13-1)31-35-14-2-4-16-39(35)49(38)46-30-29-37(32-53-46)56-51-45-22-8-6-18-41(45)40-17-5-7-21-44(40)50(51)54-52(56)33-25-27-36(28-26-33)55-47-23-11-9-19-42(47)43-20-10-12-24-48(43)55/h1-32H. The number of rotatable bonds is 4. The number of fused-ring (bicyclic) bond motifs is 11. The van der Waals surface area contributed by atoms with E-state index in [2.05, 4.69) is 197 Å². The Kier molecular flexibility index (Phi) is 6.60. The highest BCUT2D eigenvalue weighted by atomic mass is 15.1. The molecule has 0 aliphatic carbocycles. The zero-order valence-electron chi connectivity index (χ0n) is 30.3. The second kappa shape index (κ2) is 12.0. The van der Waals surface area contributed by atoms with E-state index < -0.39 is 0 Å². The number of aromatic nitrogens is 4. The minimum atomic E-state index is 0.875. The van der Waals surface area contributed by atoms with Crippen LogP contribution in [0.5, 0.6) is 0 Å². The van der Waals surface area contributed by atoms with Crippen molar-refractivity contribution in [2.24, 2.45) is 0 Å². The molecule has 12 aromatic rings. The molecule has 4 nitrogen and oxygen atoms in total. The molecule has 0 radical (unpaired) electrons. The van der Waals surface area contributed by atoms with Crippen molar-refractivity contribution < 1.29 is 0 Å². The van der Waals surface area contributed by atoms with Crippen molar-refractivity contribution in [1.29, 1.82) is 0 Å². The first-order valence-corrected chi connectivity index (χ1v) is 19.1. The Morgan fingerprint density at radius 2 is 0.875 bits per heavy atom. The van der Waals surface area contributed by atoms with Crippen molar-refractivity contribution in [3.05, 3.63) is 194 Å². The van der Waals surface area contributed by atoms with Crippen LogP contribution < -0.4 is 0 Å². The molecule has 0 saturated heterocycles. The van der Waals surface area contributed by atoms with Crippen LogP contribution in [-0.2, 0) is 0 Å². The summed E-state index contributed by atoms with van der Waals surface area (Å²) in [5, 5.41) is 12.0. The molecule has 0 atom stereocenters. The van der Waals surface area contributed by atoms with Gasteiger partial charge in [0.25, 0.3) is 0 Å². The van der Waals surface area contributed by atoms with Gasteiger partial charge in [-0.05, 0) is 86.9 Å². The highest BCUT2D eigenvalue weighted by Crippen LogP contribution is 2.41. The van der Waals surface area contributed by atoms with Gasteiger partial charge in [-0.2, -0.15) is 0 Å². The molecule has 3 heterocycles. The predicted molar refractivity (Wildman–Crippen MR) is 234 cm³/mol. The van der Waals surface area contributed by atoms with Gasteiger partial charge in [-0.1, -0.05) is 133 Å². The van der Waals surface area contributed by atoms with Crippen LogP contribution in [0.2, 0.25) is 0 Å². The third kappa shape index (κ3) is 4.47. The molecule has 0 fully saturated rings. The number of nitrogens with zero attached hydrogens (tertiary/aromatic N) is 4. The minimum Gasteiger partial charge on any atom is -0.309 e. The quantitative estimate of drug-likeness (QED) is 0.135. The normalized spacial score (nSPS) is 11.9. The van der Waals surface area contributed by atoms with Crippen molar-refractivity contribution in [1.82, 2.24) is 19.1 Å². The van der Waals surface area contributed by atoms with Gasteiger partial charge in [0.15, 0.2) is 0 Å². The molecule has 4 heteroatoms. The van der Waals surface area contributed by atoms with Crippen LogP contribution in [-0.4, -0.2) is 19.1 Å². The number of hydrogen-bond acceptors (Lipinski definition) is 2. The van der Waals surface area contributed by atoms with E-state index in [1.54, 1.807) is 0 Å². The molecule has 0 bridgehead atoms. The molecule has 56 heavy (non-hydrogen) atoms. The third-order valence-electron chi connectivity index (χ3n) is 11.5. The highest BCUT2D eigenvalue weighted by Gasteiger charge is 2.21. The molecule has 0 saturated carbocycles. The molecule has 0 N–H and O–H groups in total. The van der Waals surface area contributed by atoms with Crippen LogP contribution in [0.1, 0.15) is 0 Å². The lowest BCUT2D eigenvalue weighted by Crippen LogP contribution is -2.00. The summed E-state index contributed by atoms with van der Waals surface area (Å²) >= 11 is 0. The molecule has 0 aliphatic heterocycles. The molecular weight excluding hydrogens is 681 g/mol. The van der Waals surface area contributed by atoms with E-state index in [-0.39, 0.29) is 0 Å². The first kappa shape index (κ1) is 30.9. The van der Waals surface area contributed by atoms with E-state index >= 15 is 0 Å². The lowest BCUT2D eigenvalue weighted by atomic mass is 9.94. The van der Waals surface area contributed by atoms with Crippen molar-refractivity contribution >= 4 is 75.9 Å². The summed E-state index contributed by atoms with van der Waals surface area (Å²) in [6.45, 7) is 0. The van der Waals surface area contributed by atoms with Gasteiger partial charge in [0, 0.05) is 38.4 Å². The second-order valence-electron chi connectivity index (χ2n) is 14.6. The van der Waals surface area contributed by atoms with Gasteiger partial charge in [-0.25, -0.2) is 4.98 Å². The molecule has 0 amide bonds. The van der Waals surface area contributed by atoms with Gasteiger partial charge in [-0.15, -0.1) is 0 Å². The molecule has 0 unspecified atom stereocenters. The average molecular weight is 713 g/mol. The zero-order valence-corrected chi connectivity index (χ0v) is 30.3. The van der Waals surface area contributed by atoms with Crippen LogP contribution in [0.15, 0.2) is 194 Å². The summed E-state index contributed by atoms with van der Waals surface area (Å²) in [5.74, 6) is 0.875. The lowest BCUT2D eigenvalue weighted by molar-refractivity contribution is 1.08.